The van der Waals surface area contributed by atoms with Crippen molar-refractivity contribution < 1.29 is 19.0 Å². The Balaban J connectivity index is 1.62. The second-order valence-electron chi connectivity index (χ2n) is 4.71. The van der Waals surface area contributed by atoms with E-state index in [0.717, 1.165) is 5.56 Å². The molecule has 0 saturated heterocycles. The van der Waals surface area contributed by atoms with Crippen LogP contribution in [0.15, 0.2) is 28.9 Å². The molecule has 1 heterocycles. The number of rotatable bonds is 7. The van der Waals surface area contributed by atoms with Gasteiger partial charge in [-0.05, 0) is 29.4 Å². The summed E-state index contributed by atoms with van der Waals surface area (Å²) in [6, 6.07) is 7.37. The minimum absolute atomic E-state index is 0.0842. The monoisotopic (exact) mass is 319 g/mol. The van der Waals surface area contributed by atoms with Gasteiger partial charge in [0.25, 0.3) is 11.8 Å². The Kier molecular flexibility index (Phi) is 5.50. The van der Waals surface area contributed by atoms with E-state index < -0.39 is 5.91 Å². The summed E-state index contributed by atoms with van der Waals surface area (Å²) in [5.41, 5.74) is 6.41. The summed E-state index contributed by atoms with van der Waals surface area (Å²) in [6.07, 6.45) is 0. The van der Waals surface area contributed by atoms with Gasteiger partial charge in [0, 0.05) is 13.1 Å². The van der Waals surface area contributed by atoms with Gasteiger partial charge in [0.05, 0.1) is 0 Å². The average Bonchev–Trinajstić information content (AvgIpc) is 2.97. The first-order valence-electron chi connectivity index (χ1n) is 6.88. The number of ether oxygens (including phenoxy) is 1. The average molecular weight is 319 g/mol. The minimum atomic E-state index is -0.520. The van der Waals surface area contributed by atoms with Crippen LogP contribution in [0, 0.1) is 6.92 Å². The highest BCUT2D eigenvalue weighted by Crippen LogP contribution is 2.10. The highest BCUT2D eigenvalue weighted by molar-refractivity contribution is 5.95. The molecule has 0 saturated carbocycles. The fourth-order valence-electron chi connectivity index (χ4n) is 1.65. The molecule has 0 spiro atoms. The van der Waals surface area contributed by atoms with Gasteiger partial charge in [0.2, 0.25) is 11.5 Å². The van der Waals surface area contributed by atoms with E-state index in [0.29, 0.717) is 5.75 Å². The number of anilines is 1. The highest BCUT2D eigenvalue weighted by Gasteiger charge is 2.15. The molecule has 1 aromatic carbocycles. The summed E-state index contributed by atoms with van der Waals surface area (Å²) in [4.78, 5) is 23.2. The number of carbonyl (C=O) groups excluding carboxylic acids is 2. The molecule has 0 aliphatic heterocycles. The number of carbonyl (C=O) groups is 2. The molecule has 0 atom stereocenters. The number of nitrogens with two attached hydrogens (primary N) is 1. The molecule has 0 fully saturated rings. The number of amides is 2. The lowest BCUT2D eigenvalue weighted by molar-refractivity contribution is -0.123. The van der Waals surface area contributed by atoms with Crippen molar-refractivity contribution in [3.8, 4) is 5.75 Å². The Morgan fingerprint density at radius 3 is 2.52 bits per heavy atom. The third kappa shape index (κ3) is 4.99. The van der Waals surface area contributed by atoms with Crippen molar-refractivity contribution in [1.82, 2.24) is 20.9 Å². The van der Waals surface area contributed by atoms with Crippen LogP contribution in [0.2, 0.25) is 0 Å². The molecule has 0 aliphatic rings. The van der Waals surface area contributed by atoms with Gasteiger partial charge < -0.3 is 21.1 Å². The zero-order valence-corrected chi connectivity index (χ0v) is 12.5. The fraction of sp³-hybridized carbons (Fsp3) is 0.286. The summed E-state index contributed by atoms with van der Waals surface area (Å²) in [5.74, 6) is -0.276. The number of benzene rings is 1. The van der Waals surface area contributed by atoms with Crippen LogP contribution in [0.3, 0.4) is 0 Å². The Morgan fingerprint density at radius 2 is 1.87 bits per heavy atom. The lowest BCUT2D eigenvalue weighted by Gasteiger charge is -2.08. The fourth-order valence-corrected chi connectivity index (χ4v) is 1.65. The van der Waals surface area contributed by atoms with E-state index in [1.165, 1.54) is 0 Å². The van der Waals surface area contributed by atoms with E-state index in [-0.39, 0.29) is 37.1 Å². The number of aromatic nitrogens is 2. The van der Waals surface area contributed by atoms with Gasteiger partial charge in [0.15, 0.2) is 6.61 Å². The quantitative estimate of drug-likeness (QED) is 0.606. The molecule has 0 aliphatic carbocycles. The molecule has 2 rings (SSSR count). The van der Waals surface area contributed by atoms with Gasteiger partial charge in [-0.1, -0.05) is 17.7 Å². The van der Waals surface area contributed by atoms with Gasteiger partial charge in [-0.15, -0.1) is 0 Å². The number of hydrogen-bond donors (Lipinski definition) is 3. The molecule has 9 nitrogen and oxygen atoms in total. The lowest BCUT2D eigenvalue weighted by atomic mass is 10.2. The minimum Gasteiger partial charge on any atom is -0.484 e. The SMILES string of the molecule is Cc1ccc(OCC(=O)NCCNC(=O)c2nonc2N)cc1. The number of hydrogen-bond acceptors (Lipinski definition) is 7. The van der Waals surface area contributed by atoms with Crippen molar-refractivity contribution >= 4 is 17.6 Å². The molecule has 2 aromatic rings. The maximum Gasteiger partial charge on any atom is 0.277 e. The van der Waals surface area contributed by atoms with Crippen LogP contribution in [0.5, 0.6) is 5.75 Å². The Labute approximate surface area is 132 Å². The zero-order valence-electron chi connectivity index (χ0n) is 12.5. The van der Waals surface area contributed by atoms with E-state index >= 15 is 0 Å². The Morgan fingerprint density at radius 1 is 1.17 bits per heavy atom. The van der Waals surface area contributed by atoms with E-state index in [1.807, 2.05) is 19.1 Å². The van der Waals surface area contributed by atoms with Crippen LogP contribution in [-0.2, 0) is 4.79 Å². The second kappa shape index (κ2) is 7.78. The van der Waals surface area contributed by atoms with E-state index in [9.17, 15) is 9.59 Å². The maximum atomic E-state index is 11.6. The predicted molar refractivity (Wildman–Crippen MR) is 80.7 cm³/mol. The van der Waals surface area contributed by atoms with Crippen LogP contribution in [0.1, 0.15) is 16.1 Å². The van der Waals surface area contributed by atoms with Crippen LogP contribution < -0.4 is 21.1 Å². The third-order valence-electron chi connectivity index (χ3n) is 2.85. The molecular weight excluding hydrogens is 302 g/mol. The van der Waals surface area contributed by atoms with Crippen molar-refractivity contribution in [2.45, 2.75) is 6.92 Å². The van der Waals surface area contributed by atoms with Gasteiger partial charge in [-0.2, -0.15) is 0 Å². The molecule has 23 heavy (non-hydrogen) atoms. The van der Waals surface area contributed by atoms with E-state index in [1.54, 1.807) is 12.1 Å². The number of aryl methyl sites for hydroxylation is 1. The number of nitrogens with zero attached hydrogens (tertiary/aromatic N) is 2. The molecule has 4 N–H and O–H groups in total. The van der Waals surface area contributed by atoms with Gasteiger partial charge in [-0.3, -0.25) is 9.59 Å². The van der Waals surface area contributed by atoms with Crippen molar-refractivity contribution in [3.63, 3.8) is 0 Å². The van der Waals surface area contributed by atoms with Crippen LogP contribution in [-0.4, -0.2) is 41.8 Å². The molecule has 122 valence electrons. The van der Waals surface area contributed by atoms with Crippen molar-refractivity contribution in [2.75, 3.05) is 25.4 Å². The molecule has 0 radical (unpaired) electrons. The van der Waals surface area contributed by atoms with Crippen molar-refractivity contribution in [1.29, 1.82) is 0 Å². The molecule has 2 amide bonds. The smallest absolute Gasteiger partial charge is 0.277 e. The maximum absolute atomic E-state index is 11.6. The summed E-state index contributed by atoms with van der Waals surface area (Å²) >= 11 is 0. The number of nitrogen functional groups attached to an aromatic ring is 1. The topological polar surface area (TPSA) is 132 Å². The Bertz CT molecular complexity index is 668. The summed E-state index contributed by atoms with van der Waals surface area (Å²) in [7, 11) is 0. The highest BCUT2D eigenvalue weighted by atomic mass is 16.6. The molecule has 0 unspecified atom stereocenters. The van der Waals surface area contributed by atoms with Crippen molar-refractivity contribution in [2.24, 2.45) is 0 Å². The van der Waals surface area contributed by atoms with Crippen molar-refractivity contribution in [3.05, 3.63) is 35.5 Å². The zero-order chi connectivity index (χ0) is 16.7. The summed E-state index contributed by atoms with van der Waals surface area (Å²) in [5, 5.41) is 11.8. The molecule has 9 heteroatoms. The first-order chi connectivity index (χ1) is 11.1. The molecule has 0 bridgehead atoms. The Hall–Kier alpha value is -3.10. The second-order valence-corrected chi connectivity index (χ2v) is 4.71. The van der Waals surface area contributed by atoms with E-state index in [2.05, 4.69) is 25.6 Å². The summed E-state index contributed by atoms with van der Waals surface area (Å²) < 4.78 is 9.65. The molecular formula is C14H17N5O4. The van der Waals surface area contributed by atoms with E-state index in [4.69, 9.17) is 10.5 Å². The number of nitrogens with one attached hydrogen (secondary N) is 2. The van der Waals surface area contributed by atoms with Crippen LogP contribution in [0.4, 0.5) is 5.82 Å². The first-order valence-corrected chi connectivity index (χ1v) is 6.88. The largest absolute Gasteiger partial charge is 0.484 e. The molecule has 1 aromatic heterocycles. The van der Waals surface area contributed by atoms with Gasteiger partial charge in [-0.25, -0.2) is 4.63 Å². The van der Waals surface area contributed by atoms with Crippen LogP contribution >= 0.6 is 0 Å². The summed E-state index contributed by atoms with van der Waals surface area (Å²) in [6.45, 7) is 2.32. The lowest BCUT2D eigenvalue weighted by Crippen LogP contribution is -2.37. The predicted octanol–water partition coefficient (Wildman–Crippen LogP) is -0.115. The first kappa shape index (κ1) is 16.3. The normalized spacial score (nSPS) is 10.1. The standard InChI is InChI=1S/C14H17N5O4/c1-9-2-4-10(5-3-9)22-8-11(20)16-6-7-17-14(21)12-13(15)19-23-18-12/h2-5H,6-8H2,1H3,(H2,15,19)(H,16,20)(H,17,21). The van der Waals surface area contributed by atoms with Crippen LogP contribution in [0.25, 0.3) is 0 Å². The van der Waals surface area contributed by atoms with Gasteiger partial charge >= 0.3 is 0 Å². The van der Waals surface area contributed by atoms with Gasteiger partial charge in [0.1, 0.15) is 5.75 Å². The third-order valence-corrected chi connectivity index (χ3v) is 2.85.